The second-order valence-electron chi connectivity index (χ2n) is 7.68. The smallest absolute Gasteiger partial charge is 0.206 e. The highest BCUT2D eigenvalue weighted by Gasteiger charge is 2.12. The number of nitrogens with zero attached hydrogens (tertiary/aromatic N) is 4. The van der Waals surface area contributed by atoms with Crippen molar-refractivity contribution >= 4 is 11.6 Å². The molecule has 3 rings (SSSR count). The Morgan fingerprint density at radius 1 is 0.900 bits per heavy atom. The molecule has 0 saturated carbocycles. The van der Waals surface area contributed by atoms with Gasteiger partial charge >= 0.3 is 0 Å². The van der Waals surface area contributed by atoms with Gasteiger partial charge in [-0.1, -0.05) is 17.7 Å². The molecular formula is C24H30N4O2. The van der Waals surface area contributed by atoms with E-state index in [1.807, 2.05) is 54.9 Å². The van der Waals surface area contributed by atoms with E-state index in [0.29, 0.717) is 11.5 Å². The Hall–Kier alpha value is -3.28. The van der Waals surface area contributed by atoms with E-state index < -0.39 is 0 Å². The molecule has 30 heavy (non-hydrogen) atoms. The number of aromatic nitrogens is 2. The van der Waals surface area contributed by atoms with E-state index in [9.17, 15) is 0 Å². The van der Waals surface area contributed by atoms with E-state index in [-0.39, 0.29) is 0 Å². The Kier molecular flexibility index (Phi) is 6.15. The van der Waals surface area contributed by atoms with Crippen molar-refractivity contribution in [2.45, 2.75) is 20.8 Å². The largest absolute Gasteiger partial charge is 0.493 e. The maximum atomic E-state index is 5.48. The Morgan fingerprint density at radius 2 is 1.53 bits per heavy atom. The van der Waals surface area contributed by atoms with Gasteiger partial charge < -0.3 is 14.4 Å². The number of benzene rings is 2. The molecule has 0 aliphatic rings. The van der Waals surface area contributed by atoms with Crippen LogP contribution in [0, 0.1) is 20.8 Å². The van der Waals surface area contributed by atoms with Crippen LogP contribution in [0.4, 0.5) is 11.6 Å². The summed E-state index contributed by atoms with van der Waals surface area (Å²) in [5.74, 6) is 2.16. The van der Waals surface area contributed by atoms with E-state index in [0.717, 1.165) is 39.5 Å². The zero-order valence-corrected chi connectivity index (χ0v) is 19.1. The van der Waals surface area contributed by atoms with Gasteiger partial charge in [0, 0.05) is 32.8 Å². The monoisotopic (exact) mass is 406 g/mol. The second-order valence-corrected chi connectivity index (χ2v) is 7.68. The SMILES string of the molecule is COc1ccc(-c2c/c(=N/c3c(C)cc(C)cc3C)n(C)c(N(C)C)n2)cc1OC. The minimum absolute atomic E-state index is 0.667. The minimum Gasteiger partial charge on any atom is -0.493 e. The highest BCUT2D eigenvalue weighted by Crippen LogP contribution is 2.32. The summed E-state index contributed by atoms with van der Waals surface area (Å²) in [4.78, 5) is 11.9. The Labute approximate surface area is 178 Å². The standard InChI is InChI=1S/C24H30N4O2/c1-15-11-16(2)23(17(3)12-15)26-22-14-19(25-24(27(4)5)28(22)6)18-9-10-20(29-7)21(13-18)30-8/h9-14H,1-8H3/b26-22-. The summed E-state index contributed by atoms with van der Waals surface area (Å²) in [6, 6.07) is 12.1. The first-order valence-corrected chi connectivity index (χ1v) is 9.85. The summed E-state index contributed by atoms with van der Waals surface area (Å²) in [6.07, 6.45) is 0. The van der Waals surface area contributed by atoms with Gasteiger partial charge in [0.05, 0.1) is 25.6 Å². The molecule has 158 valence electrons. The highest BCUT2D eigenvalue weighted by molar-refractivity contribution is 5.65. The first kappa shape index (κ1) is 21.4. The van der Waals surface area contributed by atoms with E-state index in [4.69, 9.17) is 19.5 Å². The molecule has 0 unspecified atom stereocenters. The lowest BCUT2D eigenvalue weighted by Crippen LogP contribution is -2.26. The van der Waals surface area contributed by atoms with Gasteiger partial charge in [-0.3, -0.25) is 4.57 Å². The third-order valence-electron chi connectivity index (χ3n) is 5.07. The number of rotatable bonds is 5. The van der Waals surface area contributed by atoms with Crippen LogP contribution in [0.1, 0.15) is 16.7 Å². The number of aryl methyl sites for hydroxylation is 3. The lowest BCUT2D eigenvalue weighted by molar-refractivity contribution is 0.355. The maximum absolute atomic E-state index is 5.48. The molecule has 0 aliphatic carbocycles. The van der Waals surface area contributed by atoms with Crippen molar-refractivity contribution in [2.24, 2.45) is 12.0 Å². The van der Waals surface area contributed by atoms with Gasteiger partial charge in [-0.25, -0.2) is 9.98 Å². The molecule has 1 heterocycles. The van der Waals surface area contributed by atoms with Crippen molar-refractivity contribution in [1.82, 2.24) is 9.55 Å². The number of methoxy groups -OCH3 is 2. The predicted octanol–water partition coefficient (Wildman–Crippen LogP) is 4.33. The third-order valence-corrected chi connectivity index (χ3v) is 5.07. The Morgan fingerprint density at radius 3 is 2.10 bits per heavy atom. The van der Waals surface area contributed by atoms with Crippen LogP contribution in [0.5, 0.6) is 11.5 Å². The summed E-state index contributed by atoms with van der Waals surface area (Å²) in [5, 5.41) is 0. The zero-order chi connectivity index (χ0) is 22.0. The summed E-state index contributed by atoms with van der Waals surface area (Å²) >= 11 is 0. The molecule has 0 aliphatic heterocycles. The van der Waals surface area contributed by atoms with Crippen LogP contribution in [0.25, 0.3) is 11.3 Å². The first-order chi connectivity index (χ1) is 14.2. The summed E-state index contributed by atoms with van der Waals surface area (Å²) < 4.78 is 12.9. The number of hydrogen-bond donors (Lipinski definition) is 0. The van der Waals surface area contributed by atoms with Gasteiger partial charge in [0.25, 0.3) is 0 Å². The molecule has 0 N–H and O–H groups in total. The fourth-order valence-corrected chi connectivity index (χ4v) is 3.65. The van der Waals surface area contributed by atoms with E-state index in [2.05, 4.69) is 32.9 Å². The number of ether oxygens (including phenoxy) is 2. The molecule has 6 heteroatoms. The summed E-state index contributed by atoms with van der Waals surface area (Å²) in [7, 11) is 9.21. The topological polar surface area (TPSA) is 51.9 Å². The van der Waals surface area contributed by atoms with E-state index in [1.165, 1.54) is 5.56 Å². The summed E-state index contributed by atoms with van der Waals surface area (Å²) in [5.41, 5.74) is 7.12. The number of anilines is 1. The van der Waals surface area contributed by atoms with Crippen LogP contribution >= 0.6 is 0 Å². The van der Waals surface area contributed by atoms with Crippen molar-refractivity contribution in [3.05, 3.63) is 58.6 Å². The molecule has 0 fully saturated rings. The van der Waals surface area contributed by atoms with Crippen LogP contribution in [-0.4, -0.2) is 37.9 Å². The lowest BCUT2D eigenvalue weighted by Gasteiger charge is -2.18. The van der Waals surface area contributed by atoms with Gasteiger partial charge in [0.15, 0.2) is 11.5 Å². The van der Waals surface area contributed by atoms with Crippen LogP contribution in [-0.2, 0) is 7.05 Å². The van der Waals surface area contributed by atoms with Crippen LogP contribution in [0.15, 0.2) is 41.4 Å². The van der Waals surface area contributed by atoms with Crippen molar-refractivity contribution in [2.75, 3.05) is 33.2 Å². The zero-order valence-electron chi connectivity index (χ0n) is 19.1. The number of hydrogen-bond acceptors (Lipinski definition) is 5. The van der Waals surface area contributed by atoms with Crippen molar-refractivity contribution in [3.63, 3.8) is 0 Å². The van der Waals surface area contributed by atoms with Crippen molar-refractivity contribution < 1.29 is 9.47 Å². The molecule has 0 amide bonds. The first-order valence-electron chi connectivity index (χ1n) is 9.85. The molecule has 0 radical (unpaired) electrons. The molecule has 0 bridgehead atoms. The van der Waals surface area contributed by atoms with Crippen LogP contribution < -0.4 is 19.9 Å². The molecule has 2 aromatic carbocycles. The van der Waals surface area contributed by atoms with E-state index in [1.54, 1.807) is 14.2 Å². The highest BCUT2D eigenvalue weighted by atomic mass is 16.5. The second kappa shape index (κ2) is 8.61. The predicted molar refractivity (Wildman–Crippen MR) is 122 cm³/mol. The quantitative estimate of drug-likeness (QED) is 0.633. The molecule has 3 aromatic rings. The van der Waals surface area contributed by atoms with Gasteiger partial charge in [-0.05, 0) is 50.1 Å². The summed E-state index contributed by atoms with van der Waals surface area (Å²) in [6.45, 7) is 6.31. The molecule has 0 atom stereocenters. The minimum atomic E-state index is 0.667. The normalized spacial score (nSPS) is 11.5. The Balaban J connectivity index is 2.27. The average molecular weight is 407 g/mol. The fraction of sp³-hybridized carbons (Fsp3) is 0.333. The van der Waals surface area contributed by atoms with Gasteiger partial charge in [0.1, 0.15) is 5.49 Å². The lowest BCUT2D eigenvalue weighted by atomic mass is 10.1. The van der Waals surface area contributed by atoms with Gasteiger partial charge in [-0.2, -0.15) is 0 Å². The van der Waals surface area contributed by atoms with E-state index >= 15 is 0 Å². The Bertz CT molecular complexity index is 1120. The van der Waals surface area contributed by atoms with Crippen LogP contribution in [0.3, 0.4) is 0 Å². The molecule has 1 aromatic heterocycles. The molecule has 0 saturated heterocycles. The third kappa shape index (κ3) is 4.17. The maximum Gasteiger partial charge on any atom is 0.206 e. The van der Waals surface area contributed by atoms with Crippen molar-refractivity contribution in [1.29, 1.82) is 0 Å². The van der Waals surface area contributed by atoms with Crippen molar-refractivity contribution in [3.8, 4) is 22.8 Å². The average Bonchev–Trinajstić information content (AvgIpc) is 2.70. The van der Waals surface area contributed by atoms with Crippen LogP contribution in [0.2, 0.25) is 0 Å². The fourth-order valence-electron chi connectivity index (χ4n) is 3.65. The molecule has 0 spiro atoms. The molecule has 6 nitrogen and oxygen atoms in total. The van der Waals surface area contributed by atoms with Gasteiger partial charge in [0.2, 0.25) is 5.95 Å². The van der Waals surface area contributed by atoms with Gasteiger partial charge in [-0.15, -0.1) is 0 Å². The molecular weight excluding hydrogens is 376 g/mol.